The predicted molar refractivity (Wildman–Crippen MR) is 108 cm³/mol. The van der Waals surface area contributed by atoms with Gasteiger partial charge in [-0.2, -0.15) is 13.2 Å². The number of nitrogens with two attached hydrogens (primary N) is 1. The summed E-state index contributed by atoms with van der Waals surface area (Å²) >= 11 is 0. The minimum atomic E-state index is -4.35. The molecule has 1 aromatic heterocycles. The molecule has 158 valence electrons. The Labute approximate surface area is 171 Å². The molecule has 2 aliphatic rings. The third-order valence-corrected chi connectivity index (χ3v) is 5.76. The number of primary amides is 1. The third kappa shape index (κ3) is 4.02. The lowest BCUT2D eigenvalue weighted by Gasteiger charge is -2.38. The number of para-hydroxylation sites is 1. The molecule has 1 amide bonds. The van der Waals surface area contributed by atoms with E-state index in [-0.39, 0.29) is 17.9 Å². The summed E-state index contributed by atoms with van der Waals surface area (Å²) in [5.74, 6) is -0.271. The molecule has 1 aliphatic carbocycles. The molecule has 0 spiro atoms. The van der Waals surface area contributed by atoms with Gasteiger partial charge in [0.2, 0.25) is 0 Å². The van der Waals surface area contributed by atoms with Crippen molar-refractivity contribution in [3.8, 4) is 0 Å². The lowest BCUT2D eigenvalue weighted by atomic mass is 9.77. The number of carbonyl (C=O) groups excluding carboxylic acids is 1. The number of piperidine rings is 1. The summed E-state index contributed by atoms with van der Waals surface area (Å²) in [6, 6.07) is 4.97. The zero-order valence-corrected chi connectivity index (χ0v) is 16.1. The number of allylic oxidation sites excluding steroid dienone is 4. The van der Waals surface area contributed by atoms with E-state index in [1.165, 1.54) is 12.4 Å². The highest BCUT2D eigenvalue weighted by molar-refractivity contribution is 6.06. The topological polar surface area (TPSA) is 92.9 Å². The zero-order chi connectivity index (χ0) is 21.3. The molecule has 6 nitrogen and oxygen atoms in total. The summed E-state index contributed by atoms with van der Waals surface area (Å²) in [7, 11) is 0. The van der Waals surface area contributed by atoms with Crippen molar-refractivity contribution in [3.05, 3.63) is 53.9 Å². The first-order valence-corrected chi connectivity index (χ1v) is 9.81. The molecule has 2 aromatic rings. The summed E-state index contributed by atoms with van der Waals surface area (Å²) in [6.07, 6.45) is 2.43. The quantitative estimate of drug-likeness (QED) is 0.711. The highest BCUT2D eigenvalue weighted by Gasteiger charge is 2.37. The molecule has 0 bridgehead atoms. The van der Waals surface area contributed by atoms with Crippen LogP contribution in [-0.4, -0.2) is 41.2 Å². The zero-order valence-electron chi connectivity index (χ0n) is 16.1. The highest BCUT2D eigenvalue weighted by atomic mass is 19.4. The maximum Gasteiger partial charge on any atom is 0.416 e. The molecule has 30 heavy (non-hydrogen) atoms. The lowest BCUT2D eigenvalue weighted by molar-refractivity contribution is -0.0891. The van der Waals surface area contributed by atoms with Gasteiger partial charge in [-0.1, -0.05) is 24.3 Å². The van der Waals surface area contributed by atoms with Crippen LogP contribution in [0.5, 0.6) is 0 Å². The average molecular weight is 417 g/mol. The van der Waals surface area contributed by atoms with E-state index in [9.17, 15) is 18.0 Å². The van der Waals surface area contributed by atoms with Crippen molar-refractivity contribution in [1.82, 2.24) is 15.3 Å². The Balaban J connectivity index is 1.64. The molecule has 1 aromatic carbocycles. The van der Waals surface area contributed by atoms with Crippen molar-refractivity contribution in [3.63, 3.8) is 0 Å². The molecule has 4 rings (SSSR count). The van der Waals surface area contributed by atoms with Crippen LogP contribution in [0, 0.1) is 11.8 Å². The van der Waals surface area contributed by atoms with Gasteiger partial charge in [-0.05, 0) is 43.4 Å². The smallest absolute Gasteiger partial charge is 0.366 e. The number of halogens is 3. The number of alkyl halides is 3. The molecule has 2 heterocycles. The number of carbonyl (C=O) groups is 1. The van der Waals surface area contributed by atoms with Crippen LogP contribution in [0.4, 0.5) is 19.0 Å². The maximum atomic E-state index is 13.2. The summed E-state index contributed by atoms with van der Waals surface area (Å²) in [4.78, 5) is 20.2. The summed E-state index contributed by atoms with van der Waals surface area (Å²) < 4.78 is 39.6. The Morgan fingerprint density at radius 2 is 2.10 bits per heavy atom. The van der Waals surface area contributed by atoms with Crippen LogP contribution < -0.4 is 16.4 Å². The first-order chi connectivity index (χ1) is 14.3. The standard InChI is InChI=1S/C21H22F3N5O/c22-21(23,24)13-4-1-3-12(9-13)14-7-8-26-10-17(14)29-20-16-6-2-5-15(19(25)30)18(16)27-11-28-20/h1-2,4-6,9,11-12,14,17,26H,3,7-8,10H2,(H2,25,30)(H,27,28,29)/t12?,14-,17+/m0/s1. The van der Waals surface area contributed by atoms with Crippen molar-refractivity contribution in [2.75, 3.05) is 18.4 Å². The number of nitrogens with one attached hydrogen (secondary N) is 2. The van der Waals surface area contributed by atoms with Gasteiger partial charge in [-0.25, -0.2) is 9.97 Å². The van der Waals surface area contributed by atoms with E-state index in [4.69, 9.17) is 5.73 Å². The number of nitrogens with zero attached hydrogens (tertiary/aromatic N) is 2. The molecule has 0 saturated carbocycles. The van der Waals surface area contributed by atoms with E-state index in [0.29, 0.717) is 35.2 Å². The number of fused-ring (bicyclic) bond motifs is 1. The Kier molecular flexibility index (Phi) is 5.46. The van der Waals surface area contributed by atoms with Gasteiger partial charge in [0.05, 0.1) is 16.7 Å². The fourth-order valence-corrected chi connectivity index (χ4v) is 4.32. The second kappa shape index (κ2) is 8.06. The Morgan fingerprint density at radius 3 is 2.87 bits per heavy atom. The first kappa shape index (κ1) is 20.3. The molecule has 9 heteroatoms. The highest BCUT2D eigenvalue weighted by Crippen LogP contribution is 2.37. The third-order valence-electron chi connectivity index (χ3n) is 5.76. The van der Waals surface area contributed by atoms with E-state index in [0.717, 1.165) is 19.0 Å². The summed E-state index contributed by atoms with van der Waals surface area (Å²) in [5, 5.41) is 7.34. The van der Waals surface area contributed by atoms with Crippen molar-refractivity contribution in [2.45, 2.75) is 25.1 Å². The molecule has 1 unspecified atom stereocenters. The van der Waals surface area contributed by atoms with Gasteiger partial charge in [-0.3, -0.25) is 4.79 Å². The normalized spacial score (nSPS) is 24.5. The van der Waals surface area contributed by atoms with Crippen LogP contribution in [-0.2, 0) is 0 Å². The molecular weight excluding hydrogens is 395 g/mol. The summed E-state index contributed by atoms with van der Waals surface area (Å²) in [6.45, 7) is 1.34. The van der Waals surface area contributed by atoms with Crippen LogP contribution in [0.2, 0.25) is 0 Å². The van der Waals surface area contributed by atoms with Crippen LogP contribution >= 0.6 is 0 Å². The number of aromatic nitrogens is 2. The fourth-order valence-electron chi connectivity index (χ4n) is 4.32. The molecule has 1 aliphatic heterocycles. The minimum Gasteiger partial charge on any atom is -0.366 e. The Bertz CT molecular complexity index is 1020. The fraction of sp³-hybridized carbons (Fsp3) is 0.381. The Morgan fingerprint density at radius 1 is 1.27 bits per heavy atom. The van der Waals surface area contributed by atoms with Crippen LogP contribution in [0.1, 0.15) is 23.2 Å². The summed E-state index contributed by atoms with van der Waals surface area (Å²) in [5.41, 5.74) is 5.60. The lowest BCUT2D eigenvalue weighted by Crippen LogP contribution is -2.48. The van der Waals surface area contributed by atoms with Crippen molar-refractivity contribution in [1.29, 1.82) is 0 Å². The number of rotatable bonds is 4. The number of anilines is 1. The van der Waals surface area contributed by atoms with E-state index in [2.05, 4.69) is 20.6 Å². The number of hydrogen-bond donors (Lipinski definition) is 3. The second-order valence-electron chi connectivity index (χ2n) is 7.62. The number of hydrogen-bond acceptors (Lipinski definition) is 5. The second-order valence-corrected chi connectivity index (χ2v) is 7.62. The van der Waals surface area contributed by atoms with Gasteiger partial charge in [0.15, 0.2) is 0 Å². The van der Waals surface area contributed by atoms with E-state index in [1.54, 1.807) is 24.3 Å². The minimum absolute atomic E-state index is 0.00196. The van der Waals surface area contributed by atoms with Gasteiger partial charge in [0.25, 0.3) is 5.91 Å². The van der Waals surface area contributed by atoms with Crippen molar-refractivity contribution in [2.24, 2.45) is 17.6 Å². The molecule has 1 saturated heterocycles. The molecule has 3 atom stereocenters. The Hall–Kier alpha value is -2.94. The van der Waals surface area contributed by atoms with Crippen LogP contribution in [0.25, 0.3) is 10.9 Å². The van der Waals surface area contributed by atoms with E-state index >= 15 is 0 Å². The molecule has 0 radical (unpaired) electrons. The maximum absolute atomic E-state index is 13.2. The largest absolute Gasteiger partial charge is 0.416 e. The van der Waals surface area contributed by atoms with E-state index in [1.807, 2.05) is 0 Å². The molecule has 4 N–H and O–H groups in total. The number of amides is 1. The first-order valence-electron chi connectivity index (χ1n) is 9.81. The van der Waals surface area contributed by atoms with Gasteiger partial charge in [-0.15, -0.1) is 0 Å². The van der Waals surface area contributed by atoms with Crippen molar-refractivity contribution < 1.29 is 18.0 Å². The predicted octanol–water partition coefficient (Wildman–Crippen LogP) is 3.18. The van der Waals surface area contributed by atoms with Gasteiger partial charge in [0, 0.05) is 18.0 Å². The average Bonchev–Trinajstić information content (AvgIpc) is 2.73. The molecule has 1 fully saturated rings. The van der Waals surface area contributed by atoms with Crippen LogP contribution in [0.15, 0.2) is 48.3 Å². The van der Waals surface area contributed by atoms with E-state index < -0.39 is 17.7 Å². The van der Waals surface area contributed by atoms with Gasteiger partial charge < -0.3 is 16.4 Å². The van der Waals surface area contributed by atoms with Crippen LogP contribution in [0.3, 0.4) is 0 Å². The SMILES string of the molecule is NC(=O)c1cccc2c(N[C@@H]3CNCC[C@H]3C3C=C(C(F)(F)F)C=CC3)ncnc12. The monoisotopic (exact) mass is 417 g/mol. The van der Waals surface area contributed by atoms with Gasteiger partial charge in [0.1, 0.15) is 12.1 Å². The van der Waals surface area contributed by atoms with Gasteiger partial charge >= 0.3 is 6.18 Å². The van der Waals surface area contributed by atoms with Crippen molar-refractivity contribution >= 4 is 22.6 Å². The molecular formula is C21H22F3N5O. The number of benzene rings is 1.